The van der Waals surface area contributed by atoms with Crippen LogP contribution in [0.5, 0.6) is 0 Å². The Morgan fingerprint density at radius 3 is 2.12 bits per heavy atom. The molecule has 7 nitrogen and oxygen atoms in total. The maximum atomic E-state index is 12.2. The first-order valence-corrected chi connectivity index (χ1v) is 9.33. The predicted molar refractivity (Wildman–Crippen MR) is 97.6 cm³/mol. The van der Waals surface area contributed by atoms with Crippen LogP contribution in [0.1, 0.15) is 31.7 Å². The number of quaternary nitrogens is 1. The number of imide groups is 2. The Labute approximate surface area is 154 Å². The molecular formula is C19H27N4O3+. The van der Waals surface area contributed by atoms with Gasteiger partial charge in [-0.1, -0.05) is 12.1 Å². The summed E-state index contributed by atoms with van der Waals surface area (Å²) in [5, 5.41) is 0. The van der Waals surface area contributed by atoms with Gasteiger partial charge in [-0.3, -0.25) is 14.5 Å². The van der Waals surface area contributed by atoms with Gasteiger partial charge >= 0.3 is 17.8 Å². The molecule has 0 aliphatic carbocycles. The lowest BCUT2D eigenvalue weighted by Gasteiger charge is -2.29. The summed E-state index contributed by atoms with van der Waals surface area (Å²) in [6.07, 6.45) is 3.81. The number of likely N-dealkylation sites (N-methyl/N-ethyl adjacent to an activating group) is 1. The molecule has 2 fully saturated rings. The fourth-order valence-corrected chi connectivity index (χ4v) is 3.62. The lowest BCUT2D eigenvalue weighted by Crippen LogP contribution is -3.09. The van der Waals surface area contributed by atoms with Gasteiger partial charge in [0.25, 0.3) is 0 Å². The highest BCUT2D eigenvalue weighted by Crippen LogP contribution is 2.20. The molecule has 1 atom stereocenters. The maximum Gasteiger partial charge on any atom is 0.338 e. The largest absolute Gasteiger partial charge is 0.372 e. The molecule has 1 aromatic rings. The number of hydrogen-bond acceptors (Lipinski definition) is 4. The van der Waals surface area contributed by atoms with Crippen molar-refractivity contribution in [3.05, 3.63) is 29.8 Å². The topological polar surface area (TPSA) is 65.4 Å². The van der Waals surface area contributed by atoms with Gasteiger partial charge in [0.1, 0.15) is 6.54 Å². The van der Waals surface area contributed by atoms with Crippen LogP contribution in [0, 0.1) is 0 Å². The summed E-state index contributed by atoms with van der Waals surface area (Å²) in [5.41, 5.74) is 2.39. The summed E-state index contributed by atoms with van der Waals surface area (Å²) in [6.45, 7) is 5.01. The van der Waals surface area contributed by atoms with Crippen molar-refractivity contribution in [1.82, 2.24) is 9.80 Å². The van der Waals surface area contributed by atoms with E-state index in [1.807, 2.05) is 7.05 Å². The Morgan fingerprint density at radius 2 is 1.54 bits per heavy atom. The van der Waals surface area contributed by atoms with Crippen molar-refractivity contribution >= 4 is 23.5 Å². The number of anilines is 1. The molecule has 4 amide bonds. The zero-order chi connectivity index (χ0) is 18.7. The SMILES string of the molecule is CCN1C(=O)C(=O)N(C[NH+](C)Cc2ccc(N3CCCCC3)cc2)C1=O. The number of piperidine rings is 1. The minimum absolute atomic E-state index is 0.188. The van der Waals surface area contributed by atoms with E-state index in [0.717, 1.165) is 33.4 Å². The van der Waals surface area contributed by atoms with E-state index in [1.165, 1.54) is 24.9 Å². The summed E-state index contributed by atoms with van der Waals surface area (Å²) in [4.78, 5) is 41.4. The number of carbonyl (C=O) groups excluding carboxylic acids is 3. The standard InChI is InChI=1S/C19H26N4O3/c1-3-22-17(24)18(25)23(19(22)26)14-20(2)13-15-7-9-16(10-8-15)21-11-5-4-6-12-21/h7-10H,3-6,11-14H2,1-2H3/p+1. The highest BCUT2D eigenvalue weighted by molar-refractivity contribution is 6.44. The lowest BCUT2D eigenvalue weighted by atomic mass is 10.1. The third kappa shape index (κ3) is 3.72. The summed E-state index contributed by atoms with van der Waals surface area (Å²) >= 11 is 0. The number of amides is 4. The first-order chi connectivity index (χ1) is 12.5. The molecule has 2 heterocycles. The Balaban J connectivity index is 1.58. The second-order valence-corrected chi connectivity index (χ2v) is 7.07. The van der Waals surface area contributed by atoms with Crippen LogP contribution in [-0.2, 0) is 16.1 Å². The number of hydrogen-bond donors (Lipinski definition) is 1. The second kappa shape index (κ2) is 7.86. The summed E-state index contributed by atoms with van der Waals surface area (Å²) < 4.78 is 0. The smallest absolute Gasteiger partial charge is 0.338 e. The number of rotatable bonds is 6. The second-order valence-electron chi connectivity index (χ2n) is 7.07. The minimum atomic E-state index is -0.726. The van der Waals surface area contributed by atoms with E-state index >= 15 is 0 Å². The Kier molecular flexibility index (Phi) is 5.56. The van der Waals surface area contributed by atoms with Crippen molar-refractivity contribution in [3.63, 3.8) is 0 Å². The first kappa shape index (κ1) is 18.4. The number of nitrogens with zero attached hydrogens (tertiary/aromatic N) is 3. The Bertz CT molecular complexity index is 683. The van der Waals surface area contributed by atoms with E-state index < -0.39 is 17.8 Å². The van der Waals surface area contributed by atoms with Crippen LogP contribution in [-0.4, -0.2) is 61.0 Å². The molecule has 0 saturated carbocycles. The van der Waals surface area contributed by atoms with Gasteiger partial charge in [0.2, 0.25) is 0 Å². The molecule has 0 bridgehead atoms. The van der Waals surface area contributed by atoms with Crippen molar-refractivity contribution in [2.75, 3.05) is 38.3 Å². The van der Waals surface area contributed by atoms with Gasteiger partial charge in [-0.15, -0.1) is 0 Å². The van der Waals surface area contributed by atoms with Crippen LogP contribution in [0.15, 0.2) is 24.3 Å². The van der Waals surface area contributed by atoms with Crippen LogP contribution in [0.2, 0.25) is 0 Å². The molecule has 1 N–H and O–H groups in total. The van der Waals surface area contributed by atoms with Crippen molar-refractivity contribution in [2.45, 2.75) is 32.7 Å². The van der Waals surface area contributed by atoms with E-state index in [-0.39, 0.29) is 13.2 Å². The van der Waals surface area contributed by atoms with Gasteiger partial charge in [0.05, 0.1) is 7.05 Å². The van der Waals surface area contributed by atoms with Crippen LogP contribution in [0.3, 0.4) is 0 Å². The van der Waals surface area contributed by atoms with E-state index in [0.29, 0.717) is 6.54 Å². The van der Waals surface area contributed by atoms with Gasteiger partial charge in [-0.25, -0.2) is 9.69 Å². The average molecular weight is 359 g/mol. The van der Waals surface area contributed by atoms with E-state index in [2.05, 4.69) is 29.2 Å². The maximum absolute atomic E-state index is 12.2. The fraction of sp³-hybridized carbons (Fsp3) is 0.526. The molecular weight excluding hydrogens is 332 g/mol. The van der Waals surface area contributed by atoms with Crippen molar-refractivity contribution < 1.29 is 19.3 Å². The van der Waals surface area contributed by atoms with Crippen molar-refractivity contribution in [1.29, 1.82) is 0 Å². The van der Waals surface area contributed by atoms with Gasteiger partial charge in [-0.05, 0) is 38.3 Å². The third-order valence-corrected chi connectivity index (χ3v) is 5.04. The predicted octanol–water partition coefficient (Wildman–Crippen LogP) is 0.460. The molecule has 0 aromatic heterocycles. The van der Waals surface area contributed by atoms with Crippen LogP contribution < -0.4 is 9.80 Å². The average Bonchev–Trinajstić information content (AvgIpc) is 2.86. The summed E-state index contributed by atoms with van der Waals surface area (Å²) in [5.74, 6) is -1.45. The van der Waals surface area contributed by atoms with Gasteiger partial charge in [0, 0.05) is 30.9 Å². The number of urea groups is 1. The van der Waals surface area contributed by atoms with Crippen LogP contribution in [0.25, 0.3) is 0 Å². The molecule has 1 unspecified atom stereocenters. The zero-order valence-electron chi connectivity index (χ0n) is 15.5. The fourth-order valence-electron chi connectivity index (χ4n) is 3.62. The van der Waals surface area contributed by atoms with Gasteiger partial charge < -0.3 is 9.80 Å². The van der Waals surface area contributed by atoms with Gasteiger partial charge in [-0.2, -0.15) is 0 Å². The number of carbonyl (C=O) groups is 3. The van der Waals surface area contributed by atoms with Crippen LogP contribution >= 0.6 is 0 Å². The summed E-state index contributed by atoms with van der Waals surface area (Å²) in [6, 6.07) is 7.97. The highest BCUT2D eigenvalue weighted by Gasteiger charge is 2.44. The number of nitrogens with one attached hydrogen (secondary N) is 1. The third-order valence-electron chi connectivity index (χ3n) is 5.04. The molecule has 2 aliphatic rings. The van der Waals surface area contributed by atoms with Crippen molar-refractivity contribution in [2.24, 2.45) is 0 Å². The molecule has 7 heteroatoms. The molecule has 0 spiro atoms. The molecule has 26 heavy (non-hydrogen) atoms. The molecule has 3 rings (SSSR count). The lowest BCUT2D eigenvalue weighted by molar-refractivity contribution is -0.901. The first-order valence-electron chi connectivity index (χ1n) is 9.33. The van der Waals surface area contributed by atoms with Crippen LogP contribution in [0.4, 0.5) is 10.5 Å². The van der Waals surface area contributed by atoms with Gasteiger partial charge in [0.15, 0.2) is 6.67 Å². The zero-order valence-corrected chi connectivity index (χ0v) is 15.5. The Hall–Kier alpha value is -2.41. The Morgan fingerprint density at radius 1 is 0.923 bits per heavy atom. The van der Waals surface area contributed by atoms with E-state index in [9.17, 15) is 14.4 Å². The molecule has 2 aliphatic heterocycles. The normalized spacial score (nSPS) is 19.5. The highest BCUT2D eigenvalue weighted by atomic mass is 16.2. The summed E-state index contributed by atoms with van der Waals surface area (Å²) in [7, 11) is 1.91. The monoisotopic (exact) mass is 359 g/mol. The molecule has 1 aromatic carbocycles. The number of benzene rings is 1. The van der Waals surface area contributed by atoms with E-state index in [1.54, 1.807) is 6.92 Å². The van der Waals surface area contributed by atoms with E-state index in [4.69, 9.17) is 0 Å². The quantitative estimate of drug-likeness (QED) is 0.592. The molecule has 0 radical (unpaired) electrons. The molecule has 2 saturated heterocycles. The van der Waals surface area contributed by atoms with Crippen molar-refractivity contribution in [3.8, 4) is 0 Å². The molecule has 140 valence electrons. The minimum Gasteiger partial charge on any atom is -0.372 e.